The van der Waals surface area contributed by atoms with Gasteiger partial charge in [0, 0.05) is 4.48 Å². The van der Waals surface area contributed by atoms with Gasteiger partial charge in [0.2, 0.25) is 0 Å². The lowest BCUT2D eigenvalue weighted by Gasteiger charge is -1.80. The van der Waals surface area contributed by atoms with Crippen molar-refractivity contribution < 1.29 is 0 Å². The summed E-state index contributed by atoms with van der Waals surface area (Å²) in [6.45, 7) is 5.65. The maximum Gasteiger partial charge on any atom is 0.0129 e. The van der Waals surface area contributed by atoms with Crippen LogP contribution in [0.4, 0.5) is 0 Å². The highest BCUT2D eigenvalue weighted by Crippen LogP contribution is 2.04. The maximum atomic E-state index is 3.56. The van der Waals surface area contributed by atoms with Crippen molar-refractivity contribution in [2.24, 2.45) is 0 Å². The number of allylic oxidation sites excluding steroid dienone is 3. The van der Waals surface area contributed by atoms with Gasteiger partial charge in [0.25, 0.3) is 0 Å². The van der Waals surface area contributed by atoms with Crippen LogP contribution in [0.2, 0.25) is 0 Å². The number of rotatable bonds is 2. The number of halogens is 1. The molecule has 0 unspecified atom stereocenters. The lowest BCUT2D eigenvalue weighted by molar-refractivity contribution is 1.22. The zero-order chi connectivity index (χ0) is 5.70. The molecule has 0 saturated heterocycles. The minimum absolute atomic E-state index is 1.06. The predicted octanol–water partition coefficient (Wildman–Crippen LogP) is 2.86. The van der Waals surface area contributed by atoms with Crippen LogP contribution in [0.25, 0.3) is 0 Å². The third-order valence-electron chi connectivity index (χ3n) is 0.594. The van der Waals surface area contributed by atoms with Crippen molar-refractivity contribution in [1.29, 1.82) is 0 Å². The van der Waals surface area contributed by atoms with Crippen molar-refractivity contribution >= 4 is 15.9 Å². The Balaban J connectivity index is 3.49. The highest BCUT2D eigenvalue weighted by molar-refractivity contribution is 9.11. The van der Waals surface area contributed by atoms with Gasteiger partial charge >= 0.3 is 0 Å². The maximum absolute atomic E-state index is 3.56. The second-order valence-electron chi connectivity index (χ2n) is 1.20. The molecule has 0 rings (SSSR count). The van der Waals surface area contributed by atoms with Crippen LogP contribution in [0.15, 0.2) is 23.2 Å². The molecular formula is C6H9Br. The van der Waals surface area contributed by atoms with E-state index in [0.717, 1.165) is 10.9 Å². The van der Waals surface area contributed by atoms with E-state index >= 15 is 0 Å². The van der Waals surface area contributed by atoms with Crippen LogP contribution in [0.3, 0.4) is 0 Å². The Morgan fingerprint density at radius 3 is 2.57 bits per heavy atom. The minimum Gasteiger partial charge on any atom is -0.0980 e. The van der Waals surface area contributed by atoms with Crippen LogP contribution in [-0.2, 0) is 0 Å². The average molecular weight is 161 g/mol. The van der Waals surface area contributed by atoms with Gasteiger partial charge in [-0.15, -0.1) is 0 Å². The first-order chi connectivity index (χ1) is 3.31. The number of hydrogen-bond donors (Lipinski definition) is 0. The van der Waals surface area contributed by atoms with Crippen LogP contribution in [-0.4, -0.2) is 0 Å². The molecule has 0 aromatic carbocycles. The summed E-state index contributed by atoms with van der Waals surface area (Å²) in [6, 6.07) is 0. The van der Waals surface area contributed by atoms with Crippen molar-refractivity contribution in [3.8, 4) is 0 Å². The highest BCUT2D eigenvalue weighted by atomic mass is 79.9. The molecule has 0 nitrogen and oxygen atoms in total. The number of hydrogen-bond acceptors (Lipinski definition) is 0. The van der Waals surface area contributed by atoms with E-state index in [0.29, 0.717) is 0 Å². The van der Waals surface area contributed by atoms with E-state index in [1.54, 1.807) is 6.08 Å². The van der Waals surface area contributed by atoms with E-state index in [1.165, 1.54) is 0 Å². The Hall–Kier alpha value is -0.0400. The summed E-state index contributed by atoms with van der Waals surface area (Å²) >= 11 is 3.28. The first kappa shape index (κ1) is 6.96. The molecule has 0 N–H and O–H groups in total. The molecule has 40 valence electrons. The molecule has 0 bridgehead atoms. The van der Waals surface area contributed by atoms with Crippen LogP contribution >= 0.6 is 15.9 Å². The van der Waals surface area contributed by atoms with Gasteiger partial charge < -0.3 is 0 Å². The fourth-order valence-electron chi connectivity index (χ4n) is 0.278. The molecule has 0 spiro atoms. The summed E-state index contributed by atoms with van der Waals surface area (Å²) in [4.78, 5) is 0. The SMILES string of the molecule is C=CC(Br)=CCC. The van der Waals surface area contributed by atoms with Crippen LogP contribution < -0.4 is 0 Å². The molecule has 0 heterocycles. The zero-order valence-corrected chi connectivity index (χ0v) is 6.03. The quantitative estimate of drug-likeness (QED) is 0.546. The van der Waals surface area contributed by atoms with Crippen LogP contribution in [0.5, 0.6) is 0 Å². The Morgan fingerprint density at radius 2 is 2.43 bits per heavy atom. The van der Waals surface area contributed by atoms with Gasteiger partial charge in [-0.3, -0.25) is 0 Å². The zero-order valence-electron chi connectivity index (χ0n) is 4.45. The second kappa shape index (κ2) is 4.13. The molecule has 0 aliphatic rings. The predicted molar refractivity (Wildman–Crippen MR) is 37.5 cm³/mol. The first-order valence-electron chi connectivity index (χ1n) is 2.29. The van der Waals surface area contributed by atoms with Gasteiger partial charge in [-0.2, -0.15) is 0 Å². The molecule has 7 heavy (non-hydrogen) atoms. The Bertz CT molecular complexity index is 82.2. The molecule has 0 saturated carbocycles. The summed E-state index contributed by atoms with van der Waals surface area (Å²) in [7, 11) is 0. The summed E-state index contributed by atoms with van der Waals surface area (Å²) in [6.07, 6.45) is 4.91. The van der Waals surface area contributed by atoms with Gasteiger partial charge in [0.05, 0.1) is 0 Å². The van der Waals surface area contributed by atoms with Crippen molar-refractivity contribution in [3.63, 3.8) is 0 Å². The normalized spacial score (nSPS) is 11.4. The molecule has 0 aromatic heterocycles. The fourth-order valence-corrected chi connectivity index (χ4v) is 0.602. The van der Waals surface area contributed by atoms with E-state index < -0.39 is 0 Å². The topological polar surface area (TPSA) is 0 Å². The highest BCUT2D eigenvalue weighted by Gasteiger charge is 1.74. The summed E-state index contributed by atoms with van der Waals surface area (Å²) in [5, 5.41) is 0. The van der Waals surface area contributed by atoms with Crippen molar-refractivity contribution in [3.05, 3.63) is 23.2 Å². The molecule has 0 fully saturated rings. The van der Waals surface area contributed by atoms with Gasteiger partial charge in [-0.1, -0.05) is 41.6 Å². The third kappa shape index (κ3) is 3.80. The molecule has 0 amide bonds. The fraction of sp³-hybridized carbons (Fsp3) is 0.333. The summed E-state index contributed by atoms with van der Waals surface area (Å²) in [5.41, 5.74) is 0. The monoisotopic (exact) mass is 160 g/mol. The van der Waals surface area contributed by atoms with E-state index in [9.17, 15) is 0 Å². The Morgan fingerprint density at radius 1 is 1.86 bits per heavy atom. The van der Waals surface area contributed by atoms with E-state index in [-0.39, 0.29) is 0 Å². The molecular weight excluding hydrogens is 152 g/mol. The van der Waals surface area contributed by atoms with Gasteiger partial charge in [-0.25, -0.2) is 0 Å². The van der Waals surface area contributed by atoms with Crippen LogP contribution in [0, 0.1) is 0 Å². The average Bonchev–Trinajstić information content (AvgIpc) is 1.68. The second-order valence-corrected chi connectivity index (χ2v) is 2.12. The molecule has 0 aliphatic carbocycles. The molecule has 1 heteroatoms. The Kier molecular flexibility index (Phi) is 4.10. The van der Waals surface area contributed by atoms with E-state index in [2.05, 4.69) is 35.5 Å². The first-order valence-corrected chi connectivity index (χ1v) is 3.08. The standard InChI is InChI=1S/C6H9Br/c1-3-5-6(7)4-2/h4-5H,2-3H2,1H3. The molecule has 0 aromatic rings. The molecule has 0 atom stereocenters. The Labute approximate surface area is 53.1 Å². The van der Waals surface area contributed by atoms with Gasteiger partial charge in [0.1, 0.15) is 0 Å². The largest absolute Gasteiger partial charge is 0.0980 e. The smallest absolute Gasteiger partial charge is 0.0129 e. The lowest BCUT2D eigenvalue weighted by atomic mass is 10.4. The lowest BCUT2D eigenvalue weighted by Crippen LogP contribution is -1.56. The van der Waals surface area contributed by atoms with E-state index in [1.807, 2.05) is 0 Å². The van der Waals surface area contributed by atoms with Crippen molar-refractivity contribution in [1.82, 2.24) is 0 Å². The summed E-state index contributed by atoms with van der Waals surface area (Å²) < 4.78 is 1.08. The third-order valence-corrected chi connectivity index (χ3v) is 1.24. The van der Waals surface area contributed by atoms with Gasteiger partial charge in [-0.05, 0) is 6.42 Å². The van der Waals surface area contributed by atoms with E-state index in [4.69, 9.17) is 0 Å². The molecule has 0 radical (unpaired) electrons. The van der Waals surface area contributed by atoms with Gasteiger partial charge in [0.15, 0.2) is 0 Å². The van der Waals surface area contributed by atoms with Crippen molar-refractivity contribution in [2.45, 2.75) is 13.3 Å². The van der Waals surface area contributed by atoms with Crippen LogP contribution in [0.1, 0.15) is 13.3 Å². The van der Waals surface area contributed by atoms with Crippen molar-refractivity contribution in [2.75, 3.05) is 0 Å². The summed E-state index contributed by atoms with van der Waals surface area (Å²) in [5.74, 6) is 0. The molecule has 0 aliphatic heterocycles. The minimum atomic E-state index is 1.06.